The second-order valence-electron chi connectivity index (χ2n) is 5.01. The standard InChI is InChI=1S/C14H16ClFN2O3/c15-9-5-6-11(16)12(7-9)17-14(21)18(8-13(19)20)10-3-1-2-4-10/h5-7,10H,1-4,8H2,(H,17,21)(H,19,20). The normalized spacial score (nSPS) is 15.0. The maximum absolute atomic E-state index is 13.6. The van der Waals surface area contributed by atoms with Crippen molar-refractivity contribution < 1.29 is 19.1 Å². The molecule has 0 radical (unpaired) electrons. The Labute approximate surface area is 126 Å². The van der Waals surface area contributed by atoms with E-state index in [1.807, 2.05) is 0 Å². The highest BCUT2D eigenvalue weighted by atomic mass is 35.5. The Balaban J connectivity index is 2.13. The summed E-state index contributed by atoms with van der Waals surface area (Å²) in [5.41, 5.74) is -0.0547. The Morgan fingerprint density at radius 1 is 1.38 bits per heavy atom. The molecule has 0 aliphatic heterocycles. The van der Waals surface area contributed by atoms with Gasteiger partial charge in [-0.1, -0.05) is 24.4 Å². The van der Waals surface area contributed by atoms with Crippen molar-refractivity contribution in [2.45, 2.75) is 31.7 Å². The van der Waals surface area contributed by atoms with Crippen LogP contribution in [-0.4, -0.2) is 34.6 Å². The van der Waals surface area contributed by atoms with Crippen molar-refractivity contribution in [3.05, 3.63) is 29.0 Å². The zero-order valence-corrected chi connectivity index (χ0v) is 12.1. The molecule has 0 aromatic heterocycles. The average molecular weight is 315 g/mol. The second kappa shape index (κ2) is 6.76. The minimum atomic E-state index is -1.09. The van der Waals surface area contributed by atoms with Gasteiger partial charge >= 0.3 is 12.0 Å². The molecule has 0 atom stereocenters. The summed E-state index contributed by atoms with van der Waals surface area (Å²) in [6, 6.07) is 3.07. The van der Waals surface area contributed by atoms with Crippen LogP contribution in [0.3, 0.4) is 0 Å². The predicted octanol–water partition coefficient (Wildman–Crippen LogP) is 3.34. The fraction of sp³-hybridized carbons (Fsp3) is 0.429. The Hall–Kier alpha value is -1.82. The van der Waals surface area contributed by atoms with Crippen LogP contribution in [0, 0.1) is 5.82 Å². The lowest BCUT2D eigenvalue weighted by Gasteiger charge is -2.27. The number of carbonyl (C=O) groups is 2. The van der Waals surface area contributed by atoms with Gasteiger partial charge in [-0.15, -0.1) is 0 Å². The molecule has 0 unspecified atom stereocenters. The van der Waals surface area contributed by atoms with E-state index in [0.29, 0.717) is 0 Å². The van der Waals surface area contributed by atoms with Gasteiger partial charge in [0.2, 0.25) is 0 Å². The summed E-state index contributed by atoms with van der Waals surface area (Å²) in [6.45, 7) is -0.404. The van der Waals surface area contributed by atoms with Crippen molar-refractivity contribution >= 4 is 29.3 Å². The lowest BCUT2D eigenvalue weighted by atomic mass is 10.2. The van der Waals surface area contributed by atoms with Crippen LogP contribution in [0.1, 0.15) is 25.7 Å². The number of urea groups is 1. The van der Waals surface area contributed by atoms with E-state index in [1.54, 1.807) is 0 Å². The number of rotatable bonds is 4. The molecule has 2 N–H and O–H groups in total. The number of carboxylic acids is 1. The molecular weight excluding hydrogens is 299 g/mol. The van der Waals surface area contributed by atoms with Gasteiger partial charge in [0, 0.05) is 11.1 Å². The third-order valence-electron chi connectivity index (χ3n) is 3.50. The molecule has 0 heterocycles. The molecule has 1 aliphatic rings. The van der Waals surface area contributed by atoms with Gasteiger partial charge in [-0.3, -0.25) is 4.79 Å². The first-order valence-corrected chi connectivity index (χ1v) is 7.09. The molecule has 1 aliphatic carbocycles. The first-order chi connectivity index (χ1) is 9.97. The number of halogens is 2. The third-order valence-corrected chi connectivity index (χ3v) is 3.74. The van der Waals surface area contributed by atoms with E-state index in [1.165, 1.54) is 17.0 Å². The molecule has 1 saturated carbocycles. The molecule has 21 heavy (non-hydrogen) atoms. The molecule has 2 amide bonds. The Kier molecular flexibility index (Phi) is 5.01. The summed E-state index contributed by atoms with van der Waals surface area (Å²) >= 11 is 5.77. The number of hydrogen-bond acceptors (Lipinski definition) is 2. The van der Waals surface area contributed by atoms with E-state index in [0.717, 1.165) is 31.7 Å². The quantitative estimate of drug-likeness (QED) is 0.895. The van der Waals surface area contributed by atoms with Gasteiger partial charge in [0.1, 0.15) is 12.4 Å². The van der Waals surface area contributed by atoms with Crippen LogP contribution < -0.4 is 5.32 Å². The number of benzene rings is 1. The molecule has 2 rings (SSSR count). The molecule has 0 saturated heterocycles. The van der Waals surface area contributed by atoms with Gasteiger partial charge in [-0.25, -0.2) is 9.18 Å². The number of amides is 2. The Bertz CT molecular complexity index is 547. The van der Waals surface area contributed by atoms with E-state index in [4.69, 9.17) is 16.7 Å². The van der Waals surface area contributed by atoms with Gasteiger partial charge < -0.3 is 15.3 Å². The summed E-state index contributed by atoms with van der Waals surface area (Å²) in [7, 11) is 0. The van der Waals surface area contributed by atoms with E-state index in [-0.39, 0.29) is 16.8 Å². The van der Waals surface area contributed by atoms with Crippen molar-refractivity contribution in [1.29, 1.82) is 0 Å². The van der Waals surface area contributed by atoms with Crippen LogP contribution in [0.25, 0.3) is 0 Å². The van der Waals surface area contributed by atoms with Crippen LogP contribution >= 0.6 is 11.6 Å². The number of nitrogens with one attached hydrogen (secondary N) is 1. The van der Waals surface area contributed by atoms with Crippen LogP contribution in [0.5, 0.6) is 0 Å². The van der Waals surface area contributed by atoms with E-state index < -0.39 is 24.4 Å². The van der Waals surface area contributed by atoms with Crippen molar-refractivity contribution in [3.63, 3.8) is 0 Å². The smallest absolute Gasteiger partial charge is 0.323 e. The van der Waals surface area contributed by atoms with Crippen LogP contribution in [0.4, 0.5) is 14.9 Å². The highest BCUT2D eigenvalue weighted by molar-refractivity contribution is 6.30. The van der Waals surface area contributed by atoms with Crippen LogP contribution in [0.15, 0.2) is 18.2 Å². The van der Waals surface area contributed by atoms with E-state index in [9.17, 15) is 14.0 Å². The minimum absolute atomic E-state index is 0.0547. The molecule has 1 fully saturated rings. The molecule has 5 nitrogen and oxygen atoms in total. The van der Waals surface area contributed by atoms with Crippen molar-refractivity contribution in [2.24, 2.45) is 0 Å². The molecule has 114 valence electrons. The van der Waals surface area contributed by atoms with E-state index >= 15 is 0 Å². The molecule has 0 bridgehead atoms. The maximum atomic E-state index is 13.6. The largest absolute Gasteiger partial charge is 0.480 e. The van der Waals surface area contributed by atoms with Crippen molar-refractivity contribution in [2.75, 3.05) is 11.9 Å². The van der Waals surface area contributed by atoms with Crippen LogP contribution in [-0.2, 0) is 4.79 Å². The van der Waals surface area contributed by atoms with Gasteiger partial charge in [0.25, 0.3) is 0 Å². The van der Waals surface area contributed by atoms with Gasteiger partial charge in [0.05, 0.1) is 5.69 Å². The summed E-state index contributed by atoms with van der Waals surface area (Å²) in [6.07, 6.45) is 3.44. The zero-order chi connectivity index (χ0) is 15.4. The van der Waals surface area contributed by atoms with Gasteiger partial charge in [-0.05, 0) is 31.0 Å². The van der Waals surface area contributed by atoms with Crippen molar-refractivity contribution in [3.8, 4) is 0 Å². The number of hydrogen-bond donors (Lipinski definition) is 2. The third kappa shape index (κ3) is 4.07. The first kappa shape index (κ1) is 15.6. The summed E-state index contributed by atoms with van der Waals surface area (Å²) in [5.74, 6) is -1.71. The van der Waals surface area contributed by atoms with E-state index in [2.05, 4.69) is 5.32 Å². The fourth-order valence-electron chi connectivity index (χ4n) is 2.51. The number of carbonyl (C=O) groups excluding carboxylic acids is 1. The number of nitrogens with zero attached hydrogens (tertiary/aromatic N) is 1. The van der Waals surface area contributed by atoms with Gasteiger partial charge in [-0.2, -0.15) is 0 Å². The first-order valence-electron chi connectivity index (χ1n) is 6.72. The lowest BCUT2D eigenvalue weighted by Crippen LogP contribution is -2.44. The average Bonchev–Trinajstić information content (AvgIpc) is 2.93. The summed E-state index contributed by atoms with van der Waals surface area (Å²) in [5, 5.41) is 11.6. The SMILES string of the molecule is O=C(O)CN(C(=O)Nc1cc(Cl)ccc1F)C1CCCC1. The predicted molar refractivity (Wildman–Crippen MR) is 77.0 cm³/mol. The highest BCUT2D eigenvalue weighted by Gasteiger charge is 2.28. The molecule has 0 spiro atoms. The van der Waals surface area contributed by atoms with Gasteiger partial charge in [0.15, 0.2) is 0 Å². The number of anilines is 1. The second-order valence-corrected chi connectivity index (χ2v) is 5.45. The lowest BCUT2D eigenvalue weighted by molar-refractivity contribution is -0.138. The minimum Gasteiger partial charge on any atom is -0.480 e. The maximum Gasteiger partial charge on any atom is 0.323 e. The van der Waals surface area contributed by atoms with Crippen molar-refractivity contribution in [1.82, 2.24) is 4.90 Å². The molecule has 7 heteroatoms. The summed E-state index contributed by atoms with van der Waals surface area (Å²) in [4.78, 5) is 24.4. The summed E-state index contributed by atoms with van der Waals surface area (Å²) < 4.78 is 13.6. The molecular formula is C14H16ClFN2O3. The Morgan fingerprint density at radius 2 is 2.05 bits per heavy atom. The highest BCUT2D eigenvalue weighted by Crippen LogP contribution is 2.25. The van der Waals surface area contributed by atoms with Crippen LogP contribution in [0.2, 0.25) is 5.02 Å². The molecule has 1 aromatic rings. The fourth-order valence-corrected chi connectivity index (χ4v) is 2.68. The topological polar surface area (TPSA) is 69.6 Å². The Morgan fingerprint density at radius 3 is 2.67 bits per heavy atom. The number of carboxylic acid groups (broad SMARTS) is 1. The number of aliphatic carboxylic acids is 1. The monoisotopic (exact) mass is 314 g/mol. The molecule has 1 aromatic carbocycles. The zero-order valence-electron chi connectivity index (χ0n) is 11.3.